The van der Waals surface area contributed by atoms with Crippen molar-refractivity contribution in [2.75, 3.05) is 0 Å². The van der Waals surface area contributed by atoms with Crippen LogP contribution in [-0.2, 0) is 49.7 Å². The lowest BCUT2D eigenvalue weighted by molar-refractivity contribution is -0.138. The van der Waals surface area contributed by atoms with Gasteiger partial charge in [0.1, 0.15) is 0 Å². The number of rotatable bonds is 6. The van der Waals surface area contributed by atoms with E-state index in [1.165, 1.54) is 0 Å². The molecule has 1 aliphatic carbocycles. The number of hydrogen-bond acceptors (Lipinski definition) is 1. The number of benzene rings is 9. The Morgan fingerprint density at radius 1 is 0.306 bits per heavy atom. The number of ketones is 1. The molecule has 9 aromatic carbocycles. The van der Waals surface area contributed by atoms with E-state index in [4.69, 9.17) is 0 Å². The van der Waals surface area contributed by atoms with Crippen LogP contribution in [-0.4, -0.2) is 30.2 Å². The molecule has 5 nitrogen and oxygen atoms in total. The highest BCUT2D eigenvalue weighted by molar-refractivity contribution is 6.14. The van der Waals surface area contributed by atoms with Crippen molar-refractivity contribution < 1.29 is 110 Å². The van der Waals surface area contributed by atoms with E-state index in [1.807, 2.05) is 0 Å². The fourth-order valence-electron chi connectivity index (χ4n) is 13.2. The first-order valence-corrected chi connectivity index (χ1v) is 28.6. The van der Waals surface area contributed by atoms with Crippen molar-refractivity contribution >= 4 is 88.2 Å². The predicted octanol–water partition coefficient (Wildman–Crippen LogP) is 23.0. The Kier molecular flexibility index (Phi) is 14.1. The molecule has 98 heavy (non-hydrogen) atoms. The summed E-state index contributed by atoms with van der Waals surface area (Å²) in [5, 5.41) is -1.39. The Morgan fingerprint density at radius 3 is 0.990 bits per heavy atom. The summed E-state index contributed by atoms with van der Waals surface area (Å²) in [6, 6.07) is 19.7. The second-order valence-electron chi connectivity index (χ2n) is 23.2. The lowest BCUT2D eigenvalue weighted by atomic mass is 9.89. The van der Waals surface area contributed by atoms with E-state index < -0.39 is 162 Å². The van der Waals surface area contributed by atoms with E-state index in [9.17, 15) is 83.8 Å². The maximum atomic E-state index is 15.7. The summed E-state index contributed by atoms with van der Waals surface area (Å²) in [6.45, 7) is 0. The minimum absolute atomic E-state index is 0.134. The maximum absolute atomic E-state index is 15.7. The van der Waals surface area contributed by atoms with Gasteiger partial charge in [0.2, 0.25) is 0 Å². The molecule has 1 aliphatic rings. The molecule has 1 atom stereocenters. The number of carbonyl (C=O) groups is 1. The standard InChI is InChI=1S/C69H32F24N4O/c70-62(71,72)33-9-19-45-47-27-59(96-53-23-35(64(76,77)78)5-15-41(53)42-16-6-36(24-54(42)96)65(79,80)81)49(68(88,89)90)29-57(47)94(51(45)21-33)39-11-1-31(2-12-39)61(98)32-3-13-40(14-4-32)95-52-22-34(63(73,74)75)10-20-46(52)48-28-60(50(30-58(48)95)69(91,92)93)97-55-25-37(66(82,83)84)7-17-43(55)44-18-8-38(26-56(44)97)67(85,86)87/h1-27,29-30,60H,28H2. The van der Waals surface area contributed by atoms with Gasteiger partial charge < -0.3 is 18.3 Å². The molecule has 0 amide bonds. The number of fused-ring (bicyclic) bond motifs is 12. The summed E-state index contributed by atoms with van der Waals surface area (Å²) in [5.41, 5.74) is -17.6. The fourth-order valence-corrected chi connectivity index (χ4v) is 13.2. The number of nitrogens with zero attached hydrogens (tertiary/aromatic N) is 4. The smallest absolute Gasteiger partial charge is 0.332 e. The van der Waals surface area contributed by atoms with Gasteiger partial charge in [0.15, 0.2) is 5.78 Å². The fraction of sp³-hybridized carbons (Fsp3) is 0.145. The molecular formula is C69H32F24N4O. The van der Waals surface area contributed by atoms with Gasteiger partial charge in [-0.25, -0.2) is 0 Å². The molecule has 0 saturated carbocycles. The van der Waals surface area contributed by atoms with Gasteiger partial charge in [0.25, 0.3) is 0 Å². The van der Waals surface area contributed by atoms with Crippen LogP contribution in [0.25, 0.3) is 99.5 Å². The van der Waals surface area contributed by atoms with E-state index in [0.29, 0.717) is 94.1 Å². The molecule has 0 aliphatic heterocycles. The third-order valence-electron chi connectivity index (χ3n) is 17.5. The Balaban J connectivity index is 0.885. The van der Waals surface area contributed by atoms with Gasteiger partial charge in [-0.1, -0.05) is 36.4 Å². The summed E-state index contributed by atoms with van der Waals surface area (Å²) in [6.07, 6.45) is -42.0. The molecule has 14 rings (SSSR count). The van der Waals surface area contributed by atoms with Crippen LogP contribution in [0.3, 0.4) is 0 Å². The summed E-state index contributed by atoms with van der Waals surface area (Å²) < 4.78 is 356. The third kappa shape index (κ3) is 10.7. The molecule has 0 N–H and O–H groups in total. The minimum atomic E-state index is -5.51. The van der Waals surface area contributed by atoms with Crippen LogP contribution in [0.4, 0.5) is 105 Å². The third-order valence-corrected chi connectivity index (χ3v) is 17.5. The molecule has 0 fully saturated rings. The zero-order valence-electron chi connectivity index (χ0n) is 48.3. The first-order valence-electron chi connectivity index (χ1n) is 28.6. The Hall–Kier alpha value is -10.4. The van der Waals surface area contributed by atoms with Crippen LogP contribution in [0, 0.1) is 0 Å². The molecule has 0 spiro atoms. The highest BCUT2D eigenvalue weighted by atomic mass is 19.4. The SMILES string of the molecule is O=C(c1ccc(-n2c3c(c4ccc(C(F)(F)F)cc42)CC(n2c4cc(C(F)(F)F)ccc4c4ccc(C(F)(F)F)cc42)C(C(F)(F)F)=C3)cc1)c1ccc(-n2c3cc(C(F)(F)F)ccc3c3cc(-n4c5cc(C(F)(F)F)ccc5c5ccc(C(F)(F)F)cc54)c(C(F)(F)F)cc32)cc1. The summed E-state index contributed by atoms with van der Waals surface area (Å²) in [7, 11) is 0. The topological polar surface area (TPSA) is 36.8 Å². The number of halogens is 24. The summed E-state index contributed by atoms with van der Waals surface area (Å²) in [5.74, 6) is -0.878. The van der Waals surface area contributed by atoms with Crippen LogP contribution in [0.1, 0.15) is 72.2 Å². The van der Waals surface area contributed by atoms with Crippen LogP contribution in [0.2, 0.25) is 0 Å². The second kappa shape index (κ2) is 21.3. The van der Waals surface area contributed by atoms with Crippen molar-refractivity contribution in [3.8, 4) is 17.1 Å². The van der Waals surface area contributed by atoms with Gasteiger partial charge in [-0.2, -0.15) is 105 Å². The molecule has 502 valence electrons. The Bertz CT molecular complexity index is 5400. The van der Waals surface area contributed by atoms with Gasteiger partial charge in [-0.15, -0.1) is 0 Å². The van der Waals surface area contributed by atoms with Crippen molar-refractivity contribution in [2.45, 2.75) is 61.9 Å². The number of allylic oxidation sites excluding steroid dienone is 1. The average molecular weight is 1390 g/mol. The normalized spacial score (nSPS) is 14.9. The predicted molar refractivity (Wildman–Crippen MR) is 313 cm³/mol. The van der Waals surface area contributed by atoms with E-state index in [1.54, 1.807) is 0 Å². The number of aromatic nitrogens is 4. The minimum Gasteiger partial charge on any atom is -0.332 e. The highest BCUT2D eigenvalue weighted by Gasteiger charge is 2.46. The quantitative estimate of drug-likeness (QED) is 0.121. The van der Waals surface area contributed by atoms with Gasteiger partial charge in [0, 0.05) is 66.6 Å². The van der Waals surface area contributed by atoms with Crippen LogP contribution < -0.4 is 0 Å². The molecule has 0 bridgehead atoms. The van der Waals surface area contributed by atoms with Crippen LogP contribution in [0.15, 0.2) is 175 Å². The van der Waals surface area contributed by atoms with Crippen molar-refractivity contribution in [3.05, 3.63) is 237 Å². The lowest BCUT2D eigenvalue weighted by Gasteiger charge is -2.30. The van der Waals surface area contributed by atoms with Crippen molar-refractivity contribution in [1.82, 2.24) is 18.3 Å². The molecule has 1 unspecified atom stereocenters. The van der Waals surface area contributed by atoms with Gasteiger partial charge in [-0.05, 0) is 145 Å². The number of hydrogen-bond donors (Lipinski definition) is 0. The van der Waals surface area contributed by atoms with E-state index >= 15 is 26.3 Å². The maximum Gasteiger partial charge on any atom is 0.418 e. The Morgan fingerprint density at radius 2 is 0.622 bits per heavy atom. The van der Waals surface area contributed by atoms with Crippen molar-refractivity contribution in [3.63, 3.8) is 0 Å². The zero-order chi connectivity index (χ0) is 70.4. The van der Waals surface area contributed by atoms with Gasteiger partial charge in [-0.3, -0.25) is 4.79 Å². The average Bonchev–Trinajstić information content (AvgIpc) is 1.56. The lowest BCUT2D eigenvalue weighted by Crippen LogP contribution is -2.27. The molecule has 0 radical (unpaired) electrons. The molecule has 13 aromatic rings. The summed E-state index contributed by atoms with van der Waals surface area (Å²) in [4.78, 5) is 14.3. The van der Waals surface area contributed by atoms with Crippen LogP contribution >= 0.6 is 0 Å². The Labute approximate surface area is 530 Å². The van der Waals surface area contributed by atoms with Crippen molar-refractivity contribution in [2.24, 2.45) is 0 Å². The highest BCUT2D eigenvalue weighted by Crippen LogP contribution is 2.52. The summed E-state index contributed by atoms with van der Waals surface area (Å²) >= 11 is 0. The van der Waals surface area contributed by atoms with E-state index in [-0.39, 0.29) is 65.8 Å². The second-order valence-corrected chi connectivity index (χ2v) is 23.2. The van der Waals surface area contributed by atoms with E-state index in [0.717, 1.165) is 100 Å². The number of carbonyl (C=O) groups excluding carboxylic acids is 1. The zero-order valence-corrected chi connectivity index (χ0v) is 48.3. The largest absolute Gasteiger partial charge is 0.418 e. The molecule has 4 aromatic heterocycles. The molecule has 29 heteroatoms. The molecule has 0 saturated heterocycles. The molecule has 4 heterocycles. The van der Waals surface area contributed by atoms with Crippen LogP contribution in [0.5, 0.6) is 0 Å². The molecular weight excluding hydrogens is 1360 g/mol. The first-order chi connectivity index (χ1) is 45.6. The first kappa shape index (κ1) is 65.0. The van der Waals surface area contributed by atoms with Crippen molar-refractivity contribution in [1.29, 1.82) is 0 Å². The van der Waals surface area contributed by atoms with E-state index in [2.05, 4.69) is 0 Å². The monoisotopic (exact) mass is 1390 g/mol. The number of alkyl halides is 24. The van der Waals surface area contributed by atoms with Gasteiger partial charge >= 0.3 is 49.4 Å². The van der Waals surface area contributed by atoms with Gasteiger partial charge in [0.05, 0.1) is 101 Å².